The Morgan fingerprint density at radius 2 is 1.96 bits per heavy atom. The number of nitrogens with zero attached hydrogens (tertiary/aromatic N) is 4. The fourth-order valence-corrected chi connectivity index (χ4v) is 2.99. The molecule has 0 spiro atoms. The second-order valence-corrected chi connectivity index (χ2v) is 7.95. The molecule has 1 N–H and O–H groups in total. The average molecular weight is 382 g/mol. The molecule has 26 heavy (non-hydrogen) atoms. The van der Waals surface area contributed by atoms with Crippen molar-refractivity contribution in [3.63, 3.8) is 0 Å². The molecule has 0 aliphatic heterocycles. The lowest BCUT2D eigenvalue weighted by molar-refractivity contribution is 0.0293. The van der Waals surface area contributed by atoms with Gasteiger partial charge in [-0.15, -0.1) is 0 Å². The predicted octanol–water partition coefficient (Wildman–Crippen LogP) is 3.61. The van der Waals surface area contributed by atoms with Gasteiger partial charge in [0, 0.05) is 26.3 Å². The fraction of sp³-hybridized carbons (Fsp3) is 0.611. The molecule has 8 heteroatoms. The third kappa shape index (κ3) is 5.57. The van der Waals surface area contributed by atoms with Crippen molar-refractivity contribution in [3.8, 4) is 0 Å². The Labute approximate surface area is 159 Å². The van der Waals surface area contributed by atoms with Gasteiger partial charge in [-0.3, -0.25) is 0 Å². The van der Waals surface area contributed by atoms with Crippen LogP contribution in [0.5, 0.6) is 0 Å². The van der Waals surface area contributed by atoms with Gasteiger partial charge in [0.25, 0.3) is 0 Å². The predicted molar refractivity (Wildman–Crippen MR) is 103 cm³/mol. The van der Waals surface area contributed by atoms with Crippen LogP contribution in [0, 0.1) is 6.92 Å². The number of rotatable bonds is 6. The maximum atomic E-state index is 12.0. The normalized spacial score (nSPS) is 12.0. The zero-order valence-corrected chi connectivity index (χ0v) is 17.1. The quantitative estimate of drug-likeness (QED) is 0.773. The lowest BCUT2D eigenvalue weighted by Crippen LogP contribution is -2.35. The summed E-state index contributed by atoms with van der Waals surface area (Å²) >= 11 is 6.28. The van der Waals surface area contributed by atoms with Gasteiger partial charge in [-0.05, 0) is 53.3 Å². The van der Waals surface area contributed by atoms with Gasteiger partial charge in [-0.2, -0.15) is 0 Å². The minimum atomic E-state index is -0.475. The van der Waals surface area contributed by atoms with Crippen LogP contribution in [-0.2, 0) is 11.3 Å². The zero-order valence-electron chi connectivity index (χ0n) is 16.4. The Morgan fingerprint density at radius 3 is 2.62 bits per heavy atom. The van der Waals surface area contributed by atoms with E-state index in [1.807, 2.05) is 40.9 Å². The van der Waals surface area contributed by atoms with E-state index in [0.29, 0.717) is 17.5 Å². The van der Waals surface area contributed by atoms with Crippen LogP contribution in [0.3, 0.4) is 0 Å². The monoisotopic (exact) mass is 381 g/mol. The maximum absolute atomic E-state index is 12.0. The first-order valence-electron chi connectivity index (χ1n) is 8.69. The van der Waals surface area contributed by atoms with Gasteiger partial charge in [-0.25, -0.2) is 14.8 Å². The fourth-order valence-electron chi connectivity index (χ4n) is 2.66. The van der Waals surface area contributed by atoms with E-state index in [4.69, 9.17) is 16.3 Å². The number of aromatic nitrogens is 3. The summed E-state index contributed by atoms with van der Waals surface area (Å²) in [5.74, 6) is 0.648. The first-order chi connectivity index (χ1) is 12.1. The minimum Gasteiger partial charge on any atom is -0.444 e. The van der Waals surface area contributed by atoms with Gasteiger partial charge in [0.05, 0.1) is 5.39 Å². The van der Waals surface area contributed by atoms with Gasteiger partial charge < -0.3 is 19.5 Å². The van der Waals surface area contributed by atoms with Gasteiger partial charge in [-0.1, -0.05) is 11.6 Å². The molecule has 0 atom stereocenters. The number of aromatic amines is 1. The molecule has 144 valence electrons. The molecular formula is C18H28ClN5O2. The van der Waals surface area contributed by atoms with E-state index in [0.717, 1.165) is 36.1 Å². The number of carbonyl (C=O) groups excluding carboxylic acids is 1. The van der Waals surface area contributed by atoms with E-state index in [9.17, 15) is 4.79 Å². The largest absolute Gasteiger partial charge is 0.444 e. The Hall–Kier alpha value is -1.86. The van der Waals surface area contributed by atoms with Crippen LogP contribution >= 0.6 is 11.6 Å². The molecule has 0 unspecified atom stereocenters. The molecule has 1 amide bonds. The molecule has 2 aromatic heterocycles. The van der Waals surface area contributed by atoms with E-state index < -0.39 is 5.60 Å². The Morgan fingerprint density at radius 1 is 1.27 bits per heavy atom. The highest BCUT2D eigenvalue weighted by atomic mass is 35.5. The lowest BCUT2D eigenvalue weighted by atomic mass is 10.2. The number of nitrogens with one attached hydrogen (secondary N) is 1. The maximum Gasteiger partial charge on any atom is 0.410 e. The molecule has 2 rings (SSSR count). The number of halogens is 1. The number of H-pyrrole nitrogens is 1. The molecule has 2 aromatic rings. The van der Waals surface area contributed by atoms with Crippen LogP contribution in [0.1, 0.15) is 38.6 Å². The molecule has 0 aliphatic carbocycles. The summed E-state index contributed by atoms with van der Waals surface area (Å²) in [5, 5.41) is 1.34. The SMILES string of the molecule is Cc1nc(Cl)c2c(CN(C)CCCN(C)C(=O)OC(C)(C)C)c[nH]c2n1. The van der Waals surface area contributed by atoms with Crippen LogP contribution in [0.15, 0.2) is 6.20 Å². The van der Waals surface area contributed by atoms with E-state index in [1.54, 1.807) is 11.9 Å². The molecule has 0 saturated heterocycles. The van der Waals surface area contributed by atoms with Crippen LogP contribution < -0.4 is 0 Å². The molecule has 0 radical (unpaired) electrons. The number of ether oxygens (including phenoxy) is 1. The molecular weight excluding hydrogens is 354 g/mol. The molecule has 0 aliphatic rings. The first-order valence-corrected chi connectivity index (χ1v) is 9.07. The summed E-state index contributed by atoms with van der Waals surface area (Å²) in [4.78, 5) is 27.5. The molecule has 0 bridgehead atoms. The average Bonchev–Trinajstić information content (AvgIpc) is 2.88. The van der Waals surface area contributed by atoms with Gasteiger partial charge >= 0.3 is 6.09 Å². The van der Waals surface area contributed by atoms with Crippen molar-refractivity contribution >= 4 is 28.7 Å². The van der Waals surface area contributed by atoms with Gasteiger partial charge in [0.2, 0.25) is 0 Å². The van der Waals surface area contributed by atoms with Gasteiger partial charge in [0.15, 0.2) is 0 Å². The van der Waals surface area contributed by atoms with Crippen molar-refractivity contribution < 1.29 is 9.53 Å². The number of hydrogen-bond acceptors (Lipinski definition) is 5. The third-order valence-corrected chi connectivity index (χ3v) is 4.13. The highest BCUT2D eigenvalue weighted by Crippen LogP contribution is 2.24. The van der Waals surface area contributed by atoms with Crippen molar-refractivity contribution in [2.24, 2.45) is 0 Å². The summed E-state index contributed by atoms with van der Waals surface area (Å²) in [6.07, 6.45) is 2.47. The van der Waals surface area contributed by atoms with Crippen LogP contribution in [0.4, 0.5) is 4.79 Å². The van der Waals surface area contributed by atoms with Crippen LogP contribution in [0.25, 0.3) is 11.0 Å². The smallest absolute Gasteiger partial charge is 0.410 e. The summed E-state index contributed by atoms with van der Waals surface area (Å²) < 4.78 is 5.35. The topological polar surface area (TPSA) is 74.3 Å². The summed E-state index contributed by atoms with van der Waals surface area (Å²) in [7, 11) is 3.79. The van der Waals surface area contributed by atoms with Crippen molar-refractivity contribution in [3.05, 3.63) is 22.7 Å². The van der Waals surface area contributed by atoms with Gasteiger partial charge in [0.1, 0.15) is 22.2 Å². The second-order valence-electron chi connectivity index (χ2n) is 7.59. The Kier molecular flexibility index (Phi) is 6.47. The standard InChI is InChI=1S/C18H28ClN5O2/c1-12-21-15(19)14-13(10-20-16(14)22-12)11-23(5)8-7-9-24(6)17(25)26-18(2,3)4/h10H,7-9,11H2,1-6H3,(H,20,21,22). The summed E-state index contributed by atoms with van der Waals surface area (Å²) in [6, 6.07) is 0. The molecule has 0 fully saturated rings. The minimum absolute atomic E-state index is 0.295. The molecule has 0 aromatic carbocycles. The highest BCUT2D eigenvalue weighted by molar-refractivity contribution is 6.34. The van der Waals surface area contributed by atoms with Crippen molar-refractivity contribution in [2.75, 3.05) is 27.2 Å². The number of amides is 1. The van der Waals surface area contributed by atoms with E-state index >= 15 is 0 Å². The van der Waals surface area contributed by atoms with E-state index in [-0.39, 0.29) is 6.09 Å². The number of aryl methyl sites for hydroxylation is 1. The van der Waals surface area contributed by atoms with E-state index in [1.165, 1.54) is 0 Å². The number of hydrogen-bond donors (Lipinski definition) is 1. The van der Waals surface area contributed by atoms with Crippen LogP contribution in [-0.4, -0.2) is 63.6 Å². The lowest BCUT2D eigenvalue weighted by Gasteiger charge is -2.25. The Bertz CT molecular complexity index is 769. The first kappa shape index (κ1) is 20.5. The van der Waals surface area contributed by atoms with Crippen molar-refractivity contribution in [1.29, 1.82) is 0 Å². The van der Waals surface area contributed by atoms with Crippen LogP contribution in [0.2, 0.25) is 5.15 Å². The third-order valence-electron chi connectivity index (χ3n) is 3.86. The molecule has 2 heterocycles. The van der Waals surface area contributed by atoms with Crippen molar-refractivity contribution in [2.45, 2.75) is 46.3 Å². The molecule has 0 saturated carbocycles. The molecule has 7 nitrogen and oxygen atoms in total. The zero-order chi connectivity index (χ0) is 19.5. The van der Waals surface area contributed by atoms with Crippen molar-refractivity contribution in [1.82, 2.24) is 24.8 Å². The summed E-state index contributed by atoms with van der Waals surface area (Å²) in [5.41, 5.74) is 1.35. The van der Waals surface area contributed by atoms with E-state index in [2.05, 4.69) is 19.9 Å². The second kappa shape index (κ2) is 8.22. The highest BCUT2D eigenvalue weighted by Gasteiger charge is 2.19. The number of fused-ring (bicyclic) bond motifs is 1. The summed E-state index contributed by atoms with van der Waals surface area (Å²) in [6.45, 7) is 9.61. The number of carbonyl (C=O) groups is 1. The Balaban J connectivity index is 1.86.